The number of hydrogen-bond acceptors (Lipinski definition) is 3. The molecular formula is C26H29BrFNO3. The van der Waals surface area contributed by atoms with E-state index in [1.807, 2.05) is 12.1 Å². The number of halogens is 2. The molecule has 2 amide bonds. The normalized spacial score (nSPS) is 21.9. The topological polar surface area (TPSA) is 46.6 Å². The minimum Gasteiger partial charge on any atom is -0.443 e. The zero-order valence-electron chi connectivity index (χ0n) is 18.7. The summed E-state index contributed by atoms with van der Waals surface area (Å²) in [6.45, 7) is 5.58. The van der Waals surface area contributed by atoms with Crippen LogP contribution in [0.1, 0.15) is 80.9 Å². The standard InChI is InChI=1S/C26H29BrFNO3/c1-26(2,3)32-25(31)29-15-21(23(24(29)30)17-8-11-19(28)12-9-17)18-10-13-22(27)20(14-18)16-6-4-5-7-16/h8-14,16,21,23H,4-7,15H2,1-3H3/t21-,23-/m0/s1. The van der Waals surface area contributed by atoms with Gasteiger partial charge in [-0.1, -0.05) is 53.0 Å². The molecule has 1 heterocycles. The maximum Gasteiger partial charge on any atom is 0.417 e. The van der Waals surface area contributed by atoms with Crippen molar-refractivity contribution in [3.63, 3.8) is 0 Å². The maximum absolute atomic E-state index is 13.6. The summed E-state index contributed by atoms with van der Waals surface area (Å²) in [5, 5.41) is 0. The van der Waals surface area contributed by atoms with Crippen molar-refractivity contribution in [2.45, 2.75) is 69.8 Å². The second-order valence-corrected chi connectivity index (χ2v) is 10.7. The van der Waals surface area contributed by atoms with Crippen molar-refractivity contribution in [3.05, 3.63) is 69.4 Å². The fourth-order valence-corrected chi connectivity index (χ4v) is 5.47. The minimum atomic E-state index is -0.700. The van der Waals surface area contributed by atoms with Gasteiger partial charge >= 0.3 is 6.09 Å². The van der Waals surface area contributed by atoms with Crippen LogP contribution in [0.4, 0.5) is 9.18 Å². The molecule has 2 atom stereocenters. The van der Waals surface area contributed by atoms with Crippen LogP contribution in [0, 0.1) is 5.82 Å². The van der Waals surface area contributed by atoms with E-state index in [4.69, 9.17) is 4.74 Å². The van der Waals surface area contributed by atoms with Crippen LogP contribution in [-0.2, 0) is 9.53 Å². The van der Waals surface area contributed by atoms with Gasteiger partial charge in [0.2, 0.25) is 5.91 Å². The average Bonchev–Trinajstić information content (AvgIpc) is 3.36. The molecule has 170 valence electrons. The van der Waals surface area contributed by atoms with Crippen molar-refractivity contribution >= 4 is 27.9 Å². The van der Waals surface area contributed by atoms with E-state index in [0.29, 0.717) is 11.5 Å². The smallest absolute Gasteiger partial charge is 0.417 e. The van der Waals surface area contributed by atoms with Gasteiger partial charge in [0.15, 0.2) is 0 Å². The van der Waals surface area contributed by atoms with Gasteiger partial charge < -0.3 is 4.74 Å². The van der Waals surface area contributed by atoms with Crippen molar-refractivity contribution in [1.82, 2.24) is 4.90 Å². The number of ether oxygens (including phenoxy) is 1. The Labute approximate surface area is 197 Å². The SMILES string of the molecule is CC(C)(C)OC(=O)N1C[C@@H](c2ccc(Br)c(C3CCCC3)c2)[C@H](c2ccc(F)cc2)C1=O. The molecular weight excluding hydrogens is 473 g/mol. The van der Waals surface area contributed by atoms with Gasteiger partial charge in [0.1, 0.15) is 11.4 Å². The molecule has 0 N–H and O–H groups in total. The van der Waals surface area contributed by atoms with E-state index < -0.39 is 17.6 Å². The van der Waals surface area contributed by atoms with Gasteiger partial charge in [0.25, 0.3) is 0 Å². The van der Waals surface area contributed by atoms with Gasteiger partial charge in [-0.3, -0.25) is 4.79 Å². The second kappa shape index (κ2) is 8.97. The Balaban J connectivity index is 1.72. The number of carbonyl (C=O) groups is 2. The Morgan fingerprint density at radius 2 is 1.69 bits per heavy atom. The Morgan fingerprint density at radius 1 is 1.06 bits per heavy atom. The molecule has 0 bridgehead atoms. The van der Waals surface area contributed by atoms with E-state index in [1.165, 1.54) is 35.4 Å². The summed E-state index contributed by atoms with van der Waals surface area (Å²) in [6, 6.07) is 12.3. The average molecular weight is 502 g/mol. The molecule has 1 aliphatic carbocycles. The highest BCUT2D eigenvalue weighted by Gasteiger charge is 2.46. The van der Waals surface area contributed by atoms with Crippen molar-refractivity contribution in [3.8, 4) is 0 Å². The first-order valence-electron chi connectivity index (χ1n) is 11.2. The zero-order valence-corrected chi connectivity index (χ0v) is 20.3. The third-order valence-electron chi connectivity index (χ3n) is 6.40. The first-order valence-corrected chi connectivity index (χ1v) is 12.0. The van der Waals surface area contributed by atoms with Crippen molar-refractivity contribution in [2.24, 2.45) is 0 Å². The van der Waals surface area contributed by atoms with Crippen LogP contribution in [0.15, 0.2) is 46.9 Å². The highest BCUT2D eigenvalue weighted by Crippen LogP contribution is 2.44. The second-order valence-electron chi connectivity index (χ2n) is 9.83. The highest BCUT2D eigenvalue weighted by molar-refractivity contribution is 9.10. The number of benzene rings is 2. The summed E-state index contributed by atoms with van der Waals surface area (Å²) in [7, 11) is 0. The van der Waals surface area contributed by atoms with E-state index in [1.54, 1.807) is 32.9 Å². The van der Waals surface area contributed by atoms with Crippen LogP contribution in [0.3, 0.4) is 0 Å². The van der Waals surface area contributed by atoms with Crippen LogP contribution >= 0.6 is 15.9 Å². The molecule has 0 spiro atoms. The fraction of sp³-hybridized carbons (Fsp3) is 0.462. The van der Waals surface area contributed by atoms with E-state index >= 15 is 0 Å². The van der Waals surface area contributed by atoms with Crippen molar-refractivity contribution in [2.75, 3.05) is 6.54 Å². The molecule has 1 aliphatic heterocycles. The van der Waals surface area contributed by atoms with Gasteiger partial charge in [-0.2, -0.15) is 0 Å². The van der Waals surface area contributed by atoms with Gasteiger partial charge in [-0.25, -0.2) is 14.1 Å². The molecule has 0 radical (unpaired) electrons. The summed E-state index contributed by atoms with van der Waals surface area (Å²) in [5.74, 6) is -0.949. The van der Waals surface area contributed by atoms with Crippen molar-refractivity contribution in [1.29, 1.82) is 0 Å². The summed E-state index contributed by atoms with van der Waals surface area (Å²) >= 11 is 3.70. The molecule has 1 saturated heterocycles. The molecule has 0 aromatic heterocycles. The van der Waals surface area contributed by atoms with Crippen LogP contribution in [0.25, 0.3) is 0 Å². The maximum atomic E-state index is 13.6. The lowest BCUT2D eigenvalue weighted by Crippen LogP contribution is -2.38. The molecule has 4 rings (SSSR count). The number of amides is 2. The summed E-state index contributed by atoms with van der Waals surface area (Å²) in [5.41, 5.74) is 2.29. The molecule has 6 heteroatoms. The fourth-order valence-electron chi connectivity index (χ4n) is 4.90. The molecule has 4 nitrogen and oxygen atoms in total. The number of nitrogens with zero attached hydrogens (tertiary/aromatic N) is 1. The predicted octanol–water partition coefficient (Wildman–Crippen LogP) is 6.89. The van der Waals surface area contributed by atoms with Crippen LogP contribution in [-0.4, -0.2) is 29.0 Å². The van der Waals surface area contributed by atoms with Gasteiger partial charge in [-0.05, 0) is 74.4 Å². The number of hydrogen-bond donors (Lipinski definition) is 0. The van der Waals surface area contributed by atoms with Gasteiger partial charge in [0.05, 0.1) is 5.92 Å². The lowest BCUT2D eigenvalue weighted by atomic mass is 9.82. The Hall–Kier alpha value is -2.21. The summed E-state index contributed by atoms with van der Waals surface area (Å²) < 4.78 is 20.2. The van der Waals surface area contributed by atoms with Crippen molar-refractivity contribution < 1.29 is 18.7 Å². The summed E-state index contributed by atoms with van der Waals surface area (Å²) in [4.78, 5) is 27.5. The zero-order chi connectivity index (χ0) is 23.0. The van der Waals surface area contributed by atoms with Crippen LogP contribution < -0.4 is 0 Å². The van der Waals surface area contributed by atoms with E-state index in [9.17, 15) is 14.0 Å². The quantitative estimate of drug-likeness (QED) is 0.459. The molecule has 2 aromatic rings. The lowest BCUT2D eigenvalue weighted by molar-refractivity contribution is -0.128. The molecule has 1 saturated carbocycles. The predicted molar refractivity (Wildman–Crippen MR) is 125 cm³/mol. The highest BCUT2D eigenvalue weighted by atomic mass is 79.9. The van der Waals surface area contributed by atoms with E-state index in [0.717, 1.165) is 22.9 Å². The van der Waals surface area contributed by atoms with E-state index in [-0.39, 0.29) is 24.2 Å². The number of likely N-dealkylation sites (tertiary alicyclic amines) is 1. The third-order valence-corrected chi connectivity index (χ3v) is 7.12. The van der Waals surface area contributed by atoms with Crippen LogP contribution in [0.5, 0.6) is 0 Å². The van der Waals surface area contributed by atoms with E-state index in [2.05, 4.69) is 22.0 Å². The molecule has 32 heavy (non-hydrogen) atoms. The molecule has 0 unspecified atom stereocenters. The van der Waals surface area contributed by atoms with Gasteiger partial charge in [0, 0.05) is 16.9 Å². The molecule has 2 aromatic carbocycles. The first-order chi connectivity index (χ1) is 15.1. The number of carbonyl (C=O) groups excluding carboxylic acids is 2. The number of rotatable bonds is 3. The Bertz CT molecular complexity index is 1010. The number of imide groups is 1. The molecule has 2 fully saturated rings. The summed E-state index contributed by atoms with van der Waals surface area (Å²) in [6.07, 6.45) is 4.15. The largest absolute Gasteiger partial charge is 0.443 e. The monoisotopic (exact) mass is 501 g/mol. The minimum absolute atomic E-state index is 0.228. The van der Waals surface area contributed by atoms with Gasteiger partial charge in [-0.15, -0.1) is 0 Å². The Morgan fingerprint density at radius 3 is 2.31 bits per heavy atom. The Kier molecular flexibility index (Phi) is 6.44. The third kappa shape index (κ3) is 4.75. The molecule has 2 aliphatic rings. The lowest BCUT2D eigenvalue weighted by Gasteiger charge is -2.23. The first kappa shape index (κ1) is 23.0. The van der Waals surface area contributed by atoms with Crippen LogP contribution in [0.2, 0.25) is 0 Å².